The number of halogens is 1. The second kappa shape index (κ2) is 3.63. The predicted octanol–water partition coefficient (Wildman–Crippen LogP) is 1.36. The Morgan fingerprint density at radius 1 is 1.33 bits per heavy atom. The summed E-state index contributed by atoms with van der Waals surface area (Å²) in [7, 11) is 3.25. The molecule has 1 rings (SSSR count). The SMILES string of the molecule is COC1(OC)C[Si]1(CCCl)OC. The maximum Gasteiger partial charge on any atom is 0.262 e. The van der Waals surface area contributed by atoms with Crippen molar-refractivity contribution in [1.82, 2.24) is 0 Å². The van der Waals surface area contributed by atoms with Gasteiger partial charge in [0.15, 0.2) is 5.41 Å². The standard InChI is InChI=1S/C7H15ClO3Si/c1-9-7(10-2)6-12(7,11-3)5-4-8/h4-6H2,1-3H3. The highest BCUT2D eigenvalue weighted by Crippen LogP contribution is 2.53. The molecule has 1 aliphatic heterocycles. The lowest BCUT2D eigenvalue weighted by molar-refractivity contribution is -0.106. The molecule has 0 radical (unpaired) electrons. The van der Waals surface area contributed by atoms with Gasteiger partial charge in [-0.2, -0.15) is 0 Å². The summed E-state index contributed by atoms with van der Waals surface area (Å²) in [6.07, 6.45) is 0. The normalized spacial score (nSPS) is 32.0. The fourth-order valence-corrected chi connectivity index (χ4v) is 6.42. The molecule has 0 aliphatic carbocycles. The van der Waals surface area contributed by atoms with Crippen LogP contribution >= 0.6 is 11.6 Å². The molecule has 0 saturated carbocycles. The van der Waals surface area contributed by atoms with Gasteiger partial charge in [-0.05, 0) is 6.04 Å². The fourth-order valence-electron chi connectivity index (χ4n) is 1.69. The van der Waals surface area contributed by atoms with Gasteiger partial charge in [-0.15, -0.1) is 11.6 Å². The highest BCUT2D eigenvalue weighted by Gasteiger charge is 2.73. The van der Waals surface area contributed by atoms with Gasteiger partial charge in [-0.25, -0.2) is 0 Å². The summed E-state index contributed by atoms with van der Waals surface area (Å²) >= 11 is 5.69. The number of rotatable bonds is 5. The van der Waals surface area contributed by atoms with Gasteiger partial charge in [0, 0.05) is 33.3 Å². The van der Waals surface area contributed by atoms with Gasteiger partial charge < -0.3 is 13.9 Å². The van der Waals surface area contributed by atoms with E-state index in [4.69, 9.17) is 25.5 Å². The number of ether oxygens (including phenoxy) is 2. The third-order valence-corrected chi connectivity index (χ3v) is 7.56. The van der Waals surface area contributed by atoms with Crippen LogP contribution in [0, 0.1) is 0 Å². The molecular weight excluding hydrogens is 196 g/mol. The van der Waals surface area contributed by atoms with Gasteiger partial charge in [0.2, 0.25) is 0 Å². The largest absolute Gasteiger partial charge is 0.414 e. The summed E-state index contributed by atoms with van der Waals surface area (Å²) in [4.78, 5) is 0. The van der Waals surface area contributed by atoms with Crippen molar-refractivity contribution in [1.29, 1.82) is 0 Å². The van der Waals surface area contributed by atoms with Gasteiger partial charge >= 0.3 is 0 Å². The Hall–Kier alpha value is 0.387. The zero-order valence-electron chi connectivity index (χ0n) is 7.72. The van der Waals surface area contributed by atoms with E-state index in [-0.39, 0.29) is 0 Å². The van der Waals surface area contributed by atoms with E-state index in [0.29, 0.717) is 5.88 Å². The highest BCUT2D eigenvalue weighted by atomic mass is 35.5. The minimum Gasteiger partial charge on any atom is -0.414 e. The molecule has 1 heterocycles. The minimum atomic E-state index is -1.78. The first-order valence-electron chi connectivity index (χ1n) is 3.92. The molecule has 3 nitrogen and oxygen atoms in total. The summed E-state index contributed by atoms with van der Waals surface area (Å²) in [5, 5.41) is 0. The number of methoxy groups -OCH3 is 2. The van der Waals surface area contributed by atoms with Crippen LogP contribution in [0.4, 0.5) is 0 Å². The van der Waals surface area contributed by atoms with Crippen LogP contribution in [-0.2, 0) is 13.9 Å². The van der Waals surface area contributed by atoms with E-state index in [2.05, 4.69) is 0 Å². The smallest absolute Gasteiger partial charge is 0.262 e. The molecule has 0 bridgehead atoms. The quantitative estimate of drug-likeness (QED) is 0.390. The van der Waals surface area contributed by atoms with E-state index in [1.807, 2.05) is 0 Å². The molecule has 1 unspecified atom stereocenters. The van der Waals surface area contributed by atoms with E-state index in [1.54, 1.807) is 21.3 Å². The summed E-state index contributed by atoms with van der Waals surface area (Å²) in [6.45, 7) is 0. The van der Waals surface area contributed by atoms with Gasteiger partial charge in [-0.1, -0.05) is 0 Å². The maximum atomic E-state index is 5.69. The number of hydrogen-bond donors (Lipinski definition) is 0. The lowest BCUT2D eigenvalue weighted by Crippen LogP contribution is -2.36. The van der Waals surface area contributed by atoms with Crippen LogP contribution in [0.5, 0.6) is 0 Å². The molecule has 0 amide bonds. The molecule has 0 aromatic heterocycles. The zero-order chi connectivity index (χ0) is 9.24. The molecule has 1 aliphatic rings. The van der Waals surface area contributed by atoms with Crippen LogP contribution in [0.1, 0.15) is 0 Å². The Kier molecular flexibility index (Phi) is 3.17. The average molecular weight is 211 g/mol. The molecule has 12 heavy (non-hydrogen) atoms. The lowest BCUT2D eigenvalue weighted by Gasteiger charge is -2.19. The topological polar surface area (TPSA) is 27.7 Å². The molecular formula is C7H15ClO3Si. The molecule has 0 aromatic rings. The Balaban J connectivity index is 2.62. The molecule has 0 spiro atoms. The van der Waals surface area contributed by atoms with E-state index >= 15 is 0 Å². The predicted molar refractivity (Wildman–Crippen MR) is 49.8 cm³/mol. The summed E-state index contributed by atoms with van der Waals surface area (Å²) in [5.74, 6) is 0.620. The van der Waals surface area contributed by atoms with Crippen LogP contribution in [-0.4, -0.2) is 40.9 Å². The molecule has 0 aromatic carbocycles. The number of alkyl halides is 1. The van der Waals surface area contributed by atoms with Crippen LogP contribution < -0.4 is 0 Å². The van der Waals surface area contributed by atoms with E-state index in [0.717, 1.165) is 12.1 Å². The Labute approximate surface area is 79.1 Å². The number of hydrogen-bond acceptors (Lipinski definition) is 3. The van der Waals surface area contributed by atoms with Crippen molar-refractivity contribution >= 4 is 19.9 Å². The van der Waals surface area contributed by atoms with Crippen molar-refractivity contribution in [3.05, 3.63) is 0 Å². The summed E-state index contributed by atoms with van der Waals surface area (Å²) in [6, 6.07) is 1.79. The van der Waals surface area contributed by atoms with E-state index < -0.39 is 13.7 Å². The molecule has 72 valence electrons. The van der Waals surface area contributed by atoms with Crippen LogP contribution in [0.15, 0.2) is 0 Å². The molecule has 1 atom stereocenters. The third kappa shape index (κ3) is 1.31. The van der Waals surface area contributed by atoms with Crippen molar-refractivity contribution in [2.24, 2.45) is 0 Å². The van der Waals surface area contributed by atoms with E-state index in [9.17, 15) is 0 Å². The summed E-state index contributed by atoms with van der Waals surface area (Å²) in [5.41, 5.74) is -0.420. The lowest BCUT2D eigenvalue weighted by atomic mass is 10.8. The Morgan fingerprint density at radius 2 is 1.92 bits per heavy atom. The first-order valence-corrected chi connectivity index (χ1v) is 6.77. The van der Waals surface area contributed by atoms with Crippen molar-refractivity contribution in [2.45, 2.75) is 17.5 Å². The van der Waals surface area contributed by atoms with Crippen molar-refractivity contribution in [2.75, 3.05) is 27.2 Å². The van der Waals surface area contributed by atoms with Gasteiger partial charge in [0.05, 0.1) is 0 Å². The third-order valence-electron chi connectivity index (χ3n) is 2.64. The minimum absolute atomic E-state index is 0.420. The van der Waals surface area contributed by atoms with Crippen molar-refractivity contribution in [3.8, 4) is 0 Å². The van der Waals surface area contributed by atoms with E-state index in [1.165, 1.54) is 0 Å². The van der Waals surface area contributed by atoms with Crippen molar-refractivity contribution in [3.63, 3.8) is 0 Å². The monoisotopic (exact) mass is 210 g/mol. The Bertz CT molecular complexity index is 163. The second-order valence-corrected chi connectivity index (χ2v) is 7.37. The first-order chi connectivity index (χ1) is 5.70. The zero-order valence-corrected chi connectivity index (χ0v) is 9.48. The average Bonchev–Trinajstić information content (AvgIpc) is 2.76. The highest BCUT2D eigenvalue weighted by molar-refractivity contribution is 6.87. The fraction of sp³-hybridized carbons (Fsp3) is 1.00. The second-order valence-electron chi connectivity index (χ2n) is 2.98. The molecule has 1 saturated heterocycles. The Morgan fingerprint density at radius 3 is 2.17 bits per heavy atom. The molecule has 5 heteroatoms. The summed E-state index contributed by atoms with van der Waals surface area (Å²) < 4.78 is 16.1. The maximum absolute atomic E-state index is 5.69. The van der Waals surface area contributed by atoms with Gasteiger partial charge in [0.25, 0.3) is 8.32 Å². The van der Waals surface area contributed by atoms with Crippen LogP contribution in [0.3, 0.4) is 0 Å². The molecule has 0 N–H and O–H groups in total. The van der Waals surface area contributed by atoms with Gasteiger partial charge in [0.1, 0.15) is 0 Å². The van der Waals surface area contributed by atoms with Gasteiger partial charge in [-0.3, -0.25) is 0 Å². The first kappa shape index (κ1) is 10.5. The van der Waals surface area contributed by atoms with Crippen molar-refractivity contribution < 1.29 is 13.9 Å². The van der Waals surface area contributed by atoms with Crippen LogP contribution in [0.25, 0.3) is 0 Å². The molecule has 1 fully saturated rings. The van der Waals surface area contributed by atoms with Crippen LogP contribution in [0.2, 0.25) is 12.1 Å².